The first-order valence-electron chi connectivity index (χ1n) is 6.71. The third-order valence-corrected chi connectivity index (χ3v) is 3.82. The van der Waals surface area contributed by atoms with Crippen molar-refractivity contribution in [2.24, 2.45) is 0 Å². The highest BCUT2D eigenvalue weighted by Crippen LogP contribution is 2.27. The van der Waals surface area contributed by atoms with Gasteiger partial charge in [0.05, 0.1) is 17.7 Å². The van der Waals surface area contributed by atoms with Crippen LogP contribution in [0.2, 0.25) is 5.02 Å². The Hall–Kier alpha value is -2.08. The van der Waals surface area contributed by atoms with Gasteiger partial charge in [0.25, 0.3) is 5.91 Å². The van der Waals surface area contributed by atoms with E-state index >= 15 is 0 Å². The minimum atomic E-state index is -0.675. The highest BCUT2D eigenvalue weighted by molar-refractivity contribution is 6.31. The largest absolute Gasteiger partial charge is 0.496 e. The van der Waals surface area contributed by atoms with Crippen LogP contribution in [0.15, 0.2) is 24.8 Å². The van der Waals surface area contributed by atoms with Crippen LogP contribution in [-0.2, 0) is 4.79 Å². The summed E-state index contributed by atoms with van der Waals surface area (Å²) in [6.07, 6.45) is 1.25. The quantitative estimate of drug-likeness (QED) is 0.798. The summed E-state index contributed by atoms with van der Waals surface area (Å²) in [6.45, 7) is 4.99. The Morgan fingerprint density at radius 3 is 2.41 bits per heavy atom. The molecule has 0 aliphatic carbocycles. The molecule has 1 aromatic carbocycles. The Morgan fingerprint density at radius 2 is 1.86 bits per heavy atom. The monoisotopic (exact) mass is 326 g/mol. The van der Waals surface area contributed by atoms with Crippen LogP contribution < -0.4 is 4.74 Å². The Balaban J connectivity index is 2.15. The maximum atomic E-state index is 13.6. The number of rotatable bonds is 3. The van der Waals surface area contributed by atoms with Crippen LogP contribution in [0.4, 0.5) is 4.39 Å². The minimum absolute atomic E-state index is 0.102. The van der Waals surface area contributed by atoms with Crippen LogP contribution in [0.3, 0.4) is 0 Å². The molecule has 1 heterocycles. The van der Waals surface area contributed by atoms with Gasteiger partial charge in [0.15, 0.2) is 0 Å². The third-order valence-electron chi connectivity index (χ3n) is 3.53. The number of benzene rings is 1. The van der Waals surface area contributed by atoms with Crippen LogP contribution in [0.25, 0.3) is 0 Å². The number of piperazine rings is 1. The maximum Gasteiger partial charge on any atom is 0.257 e. The molecule has 0 bridgehead atoms. The van der Waals surface area contributed by atoms with Crippen molar-refractivity contribution in [2.45, 2.75) is 0 Å². The molecule has 1 aromatic rings. The molecule has 7 heteroatoms. The molecule has 1 aliphatic rings. The lowest BCUT2D eigenvalue weighted by Crippen LogP contribution is -2.50. The van der Waals surface area contributed by atoms with Crippen LogP contribution in [0.5, 0.6) is 5.75 Å². The number of hydrogen-bond donors (Lipinski definition) is 0. The molecule has 2 amide bonds. The SMILES string of the molecule is C=CC(=O)N1CCN(C(=O)c2cc(F)c(Cl)cc2OC)CC1. The lowest BCUT2D eigenvalue weighted by molar-refractivity contribution is -0.127. The highest BCUT2D eigenvalue weighted by atomic mass is 35.5. The van der Waals surface area contributed by atoms with Gasteiger partial charge in [-0.15, -0.1) is 0 Å². The Labute approximate surface area is 132 Å². The van der Waals surface area contributed by atoms with Crippen LogP contribution >= 0.6 is 11.6 Å². The van der Waals surface area contributed by atoms with Gasteiger partial charge in [-0.2, -0.15) is 0 Å². The zero-order chi connectivity index (χ0) is 16.3. The van der Waals surface area contributed by atoms with Crippen molar-refractivity contribution in [1.82, 2.24) is 9.80 Å². The summed E-state index contributed by atoms with van der Waals surface area (Å²) in [6, 6.07) is 2.35. The number of hydrogen-bond acceptors (Lipinski definition) is 3. The molecular formula is C15H16ClFN2O3. The standard InChI is InChI=1S/C15H16ClFN2O3/c1-3-14(20)18-4-6-19(7-5-18)15(21)10-8-12(17)11(16)9-13(10)22-2/h3,8-9H,1,4-7H2,2H3. The highest BCUT2D eigenvalue weighted by Gasteiger charge is 2.26. The lowest BCUT2D eigenvalue weighted by atomic mass is 10.1. The van der Waals surface area contributed by atoms with E-state index in [1.54, 1.807) is 9.80 Å². The molecule has 0 saturated carbocycles. The first-order valence-corrected chi connectivity index (χ1v) is 7.09. The van der Waals surface area contributed by atoms with Gasteiger partial charge in [0.1, 0.15) is 11.6 Å². The summed E-state index contributed by atoms with van der Waals surface area (Å²) in [4.78, 5) is 27.2. The second kappa shape index (κ2) is 6.79. The van der Waals surface area contributed by atoms with E-state index in [1.807, 2.05) is 0 Å². The lowest BCUT2D eigenvalue weighted by Gasteiger charge is -2.34. The number of nitrogens with zero attached hydrogens (tertiary/aromatic N) is 2. The summed E-state index contributed by atoms with van der Waals surface area (Å²) in [5.74, 6) is -0.965. The molecule has 0 spiro atoms. The Kier molecular flexibility index (Phi) is 5.03. The maximum absolute atomic E-state index is 13.6. The van der Waals surface area contributed by atoms with Crippen molar-refractivity contribution in [2.75, 3.05) is 33.3 Å². The Bertz CT molecular complexity index is 613. The Morgan fingerprint density at radius 1 is 1.27 bits per heavy atom. The zero-order valence-electron chi connectivity index (χ0n) is 12.1. The second-order valence-corrected chi connectivity index (χ2v) is 5.20. The molecule has 118 valence electrons. The van der Waals surface area contributed by atoms with Gasteiger partial charge in [-0.3, -0.25) is 9.59 Å². The molecule has 0 unspecified atom stereocenters. The van der Waals surface area contributed by atoms with Gasteiger partial charge in [-0.25, -0.2) is 4.39 Å². The summed E-state index contributed by atoms with van der Waals surface area (Å²) in [5, 5.41) is -0.102. The average molecular weight is 327 g/mol. The van der Waals surface area contributed by atoms with E-state index in [2.05, 4.69) is 6.58 Å². The molecule has 5 nitrogen and oxygen atoms in total. The molecule has 0 radical (unpaired) electrons. The number of methoxy groups -OCH3 is 1. The van der Waals surface area contributed by atoms with Gasteiger partial charge in [-0.1, -0.05) is 18.2 Å². The van der Waals surface area contributed by atoms with Crippen molar-refractivity contribution < 1.29 is 18.7 Å². The number of ether oxygens (including phenoxy) is 1. The summed E-state index contributed by atoms with van der Waals surface area (Å²) in [5.41, 5.74) is 0.118. The smallest absolute Gasteiger partial charge is 0.257 e. The molecule has 0 atom stereocenters. The first-order chi connectivity index (χ1) is 10.5. The summed E-state index contributed by atoms with van der Waals surface area (Å²) < 4.78 is 18.7. The van der Waals surface area contributed by atoms with Gasteiger partial charge >= 0.3 is 0 Å². The fraction of sp³-hybridized carbons (Fsp3) is 0.333. The predicted octanol–water partition coefficient (Wildman–Crippen LogP) is 1.96. The molecule has 1 saturated heterocycles. The van der Waals surface area contributed by atoms with Crippen molar-refractivity contribution in [3.05, 3.63) is 41.2 Å². The second-order valence-electron chi connectivity index (χ2n) is 4.79. The van der Waals surface area contributed by atoms with Crippen molar-refractivity contribution in [1.29, 1.82) is 0 Å². The van der Waals surface area contributed by atoms with E-state index in [9.17, 15) is 14.0 Å². The fourth-order valence-electron chi connectivity index (χ4n) is 2.29. The number of carbonyl (C=O) groups excluding carboxylic acids is 2. The fourth-order valence-corrected chi connectivity index (χ4v) is 2.45. The number of halogens is 2. The van der Waals surface area contributed by atoms with E-state index in [4.69, 9.17) is 16.3 Å². The normalized spacial score (nSPS) is 14.7. The molecule has 0 N–H and O–H groups in total. The zero-order valence-corrected chi connectivity index (χ0v) is 12.9. The molecule has 2 rings (SSSR count). The van der Waals surface area contributed by atoms with Gasteiger partial charge in [-0.05, 0) is 12.1 Å². The summed E-state index contributed by atoms with van der Waals surface area (Å²) in [7, 11) is 1.39. The molecule has 22 heavy (non-hydrogen) atoms. The van der Waals surface area contributed by atoms with E-state index in [0.717, 1.165) is 6.07 Å². The average Bonchev–Trinajstić information content (AvgIpc) is 2.55. The van der Waals surface area contributed by atoms with Crippen molar-refractivity contribution >= 4 is 23.4 Å². The minimum Gasteiger partial charge on any atom is -0.496 e. The molecular weight excluding hydrogens is 311 g/mol. The molecule has 1 fully saturated rings. The van der Waals surface area contributed by atoms with Gasteiger partial charge in [0.2, 0.25) is 5.91 Å². The molecule has 1 aliphatic heterocycles. The third kappa shape index (κ3) is 3.22. The number of carbonyl (C=O) groups is 2. The van der Waals surface area contributed by atoms with Crippen LogP contribution in [-0.4, -0.2) is 54.9 Å². The summed E-state index contributed by atoms with van der Waals surface area (Å²) >= 11 is 5.69. The van der Waals surface area contributed by atoms with E-state index < -0.39 is 5.82 Å². The molecule has 0 aromatic heterocycles. The topological polar surface area (TPSA) is 49.9 Å². The van der Waals surface area contributed by atoms with Crippen LogP contribution in [0.1, 0.15) is 10.4 Å². The predicted molar refractivity (Wildman–Crippen MR) is 80.6 cm³/mol. The van der Waals surface area contributed by atoms with E-state index in [1.165, 1.54) is 19.3 Å². The number of amides is 2. The van der Waals surface area contributed by atoms with Crippen molar-refractivity contribution in [3.8, 4) is 5.75 Å². The van der Waals surface area contributed by atoms with Crippen LogP contribution in [0, 0.1) is 5.82 Å². The van der Waals surface area contributed by atoms with E-state index in [0.29, 0.717) is 26.2 Å². The van der Waals surface area contributed by atoms with E-state index in [-0.39, 0.29) is 28.1 Å². The van der Waals surface area contributed by atoms with Crippen molar-refractivity contribution in [3.63, 3.8) is 0 Å². The van der Waals surface area contributed by atoms with Gasteiger partial charge in [0, 0.05) is 32.2 Å². The van der Waals surface area contributed by atoms with Gasteiger partial charge < -0.3 is 14.5 Å². The first kappa shape index (κ1) is 16.3.